The predicted octanol–water partition coefficient (Wildman–Crippen LogP) is 4.22. The molecular weight excluding hydrogens is 275 g/mol. The summed E-state index contributed by atoms with van der Waals surface area (Å²) in [5.41, 5.74) is 1.89. The number of carboxylic acid groups (broad SMARTS) is 1. The Balaban J connectivity index is 1.97. The van der Waals surface area contributed by atoms with Crippen molar-refractivity contribution in [2.24, 2.45) is 0 Å². The molecule has 2 aromatic carbocycles. The molecule has 20 heavy (non-hydrogen) atoms. The number of carbonyl (C=O) groups is 1. The van der Waals surface area contributed by atoms with Gasteiger partial charge in [-0.3, -0.25) is 0 Å². The van der Waals surface area contributed by atoms with E-state index in [1.807, 2.05) is 30.3 Å². The molecule has 0 saturated carbocycles. The first-order chi connectivity index (χ1) is 9.65. The van der Waals surface area contributed by atoms with Crippen LogP contribution in [0.4, 0.5) is 4.39 Å². The molecule has 0 saturated heterocycles. The molecule has 0 bridgehead atoms. The fourth-order valence-electron chi connectivity index (χ4n) is 1.62. The van der Waals surface area contributed by atoms with Gasteiger partial charge in [-0.1, -0.05) is 36.4 Å². The van der Waals surface area contributed by atoms with Gasteiger partial charge in [-0.2, -0.15) is 0 Å². The van der Waals surface area contributed by atoms with Crippen LogP contribution in [0.1, 0.15) is 11.1 Å². The number of aliphatic carboxylic acids is 1. The van der Waals surface area contributed by atoms with E-state index in [1.165, 1.54) is 23.9 Å². The molecule has 0 aliphatic heterocycles. The van der Waals surface area contributed by atoms with E-state index >= 15 is 0 Å². The lowest BCUT2D eigenvalue weighted by atomic mass is 10.1. The summed E-state index contributed by atoms with van der Waals surface area (Å²) < 4.78 is 13.4. The van der Waals surface area contributed by atoms with Gasteiger partial charge in [-0.05, 0) is 29.3 Å². The first-order valence-electron chi connectivity index (χ1n) is 6.02. The molecule has 4 heteroatoms. The maximum atomic E-state index is 13.4. The van der Waals surface area contributed by atoms with Gasteiger partial charge in [0.05, 0.1) is 0 Å². The van der Waals surface area contributed by atoms with Gasteiger partial charge in [0.25, 0.3) is 0 Å². The van der Waals surface area contributed by atoms with Crippen molar-refractivity contribution in [3.63, 3.8) is 0 Å². The zero-order valence-electron chi connectivity index (χ0n) is 10.6. The van der Waals surface area contributed by atoms with E-state index in [0.717, 1.165) is 17.2 Å². The normalized spacial score (nSPS) is 10.8. The Hall–Kier alpha value is -2.07. The standard InChI is InChI=1S/C16H13FO2S/c17-14-3-1-2-4-15(14)20-11-13-7-5-12(6-8-13)9-10-16(18)19/h1-10H,11H2,(H,18,19). The van der Waals surface area contributed by atoms with Gasteiger partial charge in [0.15, 0.2) is 0 Å². The lowest BCUT2D eigenvalue weighted by molar-refractivity contribution is -0.131. The van der Waals surface area contributed by atoms with Crippen LogP contribution < -0.4 is 0 Å². The van der Waals surface area contributed by atoms with E-state index in [2.05, 4.69) is 0 Å². The monoisotopic (exact) mass is 288 g/mol. The molecule has 0 heterocycles. The van der Waals surface area contributed by atoms with Gasteiger partial charge in [0.1, 0.15) is 5.82 Å². The molecule has 1 N–H and O–H groups in total. The number of benzene rings is 2. The molecular formula is C16H13FO2S. The van der Waals surface area contributed by atoms with Crippen LogP contribution in [0.15, 0.2) is 59.5 Å². The summed E-state index contributed by atoms with van der Waals surface area (Å²) in [5.74, 6) is -0.508. The van der Waals surface area contributed by atoms with Crippen molar-refractivity contribution in [3.05, 3.63) is 71.6 Å². The summed E-state index contributed by atoms with van der Waals surface area (Å²) in [6, 6.07) is 14.2. The molecule has 0 amide bonds. The van der Waals surface area contributed by atoms with E-state index in [-0.39, 0.29) is 5.82 Å². The lowest BCUT2D eigenvalue weighted by Gasteiger charge is -2.03. The highest BCUT2D eigenvalue weighted by atomic mass is 32.2. The Morgan fingerprint density at radius 3 is 2.50 bits per heavy atom. The molecule has 0 fully saturated rings. The Kier molecular flexibility index (Phi) is 4.96. The summed E-state index contributed by atoms with van der Waals surface area (Å²) >= 11 is 1.44. The van der Waals surface area contributed by atoms with Crippen molar-refractivity contribution in [1.82, 2.24) is 0 Å². The minimum absolute atomic E-state index is 0.210. The smallest absolute Gasteiger partial charge is 0.328 e. The van der Waals surface area contributed by atoms with E-state index in [0.29, 0.717) is 10.6 Å². The highest BCUT2D eigenvalue weighted by molar-refractivity contribution is 7.98. The Bertz CT molecular complexity index is 621. The fraction of sp³-hybridized carbons (Fsp3) is 0.0625. The molecule has 0 spiro atoms. The number of rotatable bonds is 5. The number of halogens is 1. The van der Waals surface area contributed by atoms with Crippen molar-refractivity contribution < 1.29 is 14.3 Å². The van der Waals surface area contributed by atoms with E-state index in [1.54, 1.807) is 12.1 Å². The summed E-state index contributed by atoms with van der Waals surface area (Å²) in [6.45, 7) is 0. The van der Waals surface area contributed by atoms with Crippen LogP contribution in [0.2, 0.25) is 0 Å². The minimum atomic E-state index is -0.968. The molecule has 0 unspecified atom stereocenters. The maximum absolute atomic E-state index is 13.4. The van der Waals surface area contributed by atoms with E-state index < -0.39 is 5.97 Å². The van der Waals surface area contributed by atoms with Gasteiger partial charge >= 0.3 is 5.97 Å². The van der Waals surface area contributed by atoms with Gasteiger partial charge in [0.2, 0.25) is 0 Å². The minimum Gasteiger partial charge on any atom is -0.478 e. The van der Waals surface area contributed by atoms with Gasteiger partial charge in [-0.25, -0.2) is 9.18 Å². The van der Waals surface area contributed by atoms with Crippen LogP contribution in [0, 0.1) is 5.82 Å². The van der Waals surface area contributed by atoms with Crippen molar-refractivity contribution >= 4 is 23.8 Å². The van der Waals surface area contributed by atoms with Crippen molar-refractivity contribution in [2.45, 2.75) is 10.6 Å². The highest BCUT2D eigenvalue weighted by Gasteiger charge is 2.01. The predicted molar refractivity (Wildman–Crippen MR) is 79.1 cm³/mol. The molecule has 2 rings (SSSR count). The average Bonchev–Trinajstić information content (AvgIpc) is 2.45. The van der Waals surface area contributed by atoms with Crippen LogP contribution in [0.5, 0.6) is 0 Å². The lowest BCUT2D eigenvalue weighted by Crippen LogP contribution is -1.86. The fourth-order valence-corrected chi connectivity index (χ4v) is 2.51. The average molecular weight is 288 g/mol. The van der Waals surface area contributed by atoms with Crippen molar-refractivity contribution in [3.8, 4) is 0 Å². The first-order valence-corrected chi connectivity index (χ1v) is 7.01. The van der Waals surface area contributed by atoms with Crippen LogP contribution in [0.3, 0.4) is 0 Å². The molecule has 2 aromatic rings. The molecule has 0 radical (unpaired) electrons. The summed E-state index contributed by atoms with van der Waals surface area (Å²) in [7, 11) is 0. The summed E-state index contributed by atoms with van der Waals surface area (Å²) in [5, 5.41) is 8.54. The van der Waals surface area contributed by atoms with Crippen LogP contribution in [0.25, 0.3) is 6.08 Å². The summed E-state index contributed by atoms with van der Waals surface area (Å²) in [6.07, 6.45) is 2.64. The largest absolute Gasteiger partial charge is 0.478 e. The van der Waals surface area contributed by atoms with E-state index in [4.69, 9.17) is 5.11 Å². The molecule has 0 aliphatic rings. The van der Waals surface area contributed by atoms with Crippen molar-refractivity contribution in [1.29, 1.82) is 0 Å². The third-order valence-electron chi connectivity index (χ3n) is 2.63. The Morgan fingerprint density at radius 1 is 1.15 bits per heavy atom. The summed E-state index contributed by atoms with van der Waals surface area (Å²) in [4.78, 5) is 11.0. The number of hydrogen-bond donors (Lipinski definition) is 1. The highest BCUT2D eigenvalue weighted by Crippen LogP contribution is 2.25. The third kappa shape index (κ3) is 4.24. The van der Waals surface area contributed by atoms with Crippen LogP contribution in [-0.4, -0.2) is 11.1 Å². The second kappa shape index (κ2) is 6.91. The van der Waals surface area contributed by atoms with Gasteiger partial charge in [0, 0.05) is 16.7 Å². The van der Waals surface area contributed by atoms with Crippen molar-refractivity contribution in [2.75, 3.05) is 0 Å². The molecule has 102 valence electrons. The quantitative estimate of drug-likeness (QED) is 0.661. The Morgan fingerprint density at radius 2 is 1.85 bits per heavy atom. The topological polar surface area (TPSA) is 37.3 Å². The Labute approximate surface area is 121 Å². The van der Waals surface area contributed by atoms with Gasteiger partial charge in [-0.15, -0.1) is 11.8 Å². The first kappa shape index (κ1) is 14.3. The van der Waals surface area contributed by atoms with E-state index in [9.17, 15) is 9.18 Å². The number of thioether (sulfide) groups is 1. The molecule has 2 nitrogen and oxygen atoms in total. The zero-order chi connectivity index (χ0) is 14.4. The molecule has 0 atom stereocenters. The maximum Gasteiger partial charge on any atom is 0.328 e. The van der Waals surface area contributed by atoms with Crippen LogP contribution in [-0.2, 0) is 10.5 Å². The molecule has 0 aliphatic carbocycles. The second-order valence-electron chi connectivity index (χ2n) is 4.13. The second-order valence-corrected chi connectivity index (χ2v) is 5.15. The van der Waals surface area contributed by atoms with Crippen LogP contribution >= 0.6 is 11.8 Å². The SMILES string of the molecule is O=C(O)C=Cc1ccc(CSc2ccccc2F)cc1. The third-order valence-corrected chi connectivity index (χ3v) is 3.75. The zero-order valence-corrected chi connectivity index (χ0v) is 11.4. The number of hydrogen-bond acceptors (Lipinski definition) is 2. The molecule has 0 aromatic heterocycles. The van der Waals surface area contributed by atoms with Gasteiger partial charge < -0.3 is 5.11 Å². The number of carboxylic acids is 1.